The first-order valence-electron chi connectivity index (χ1n) is 10.2. The van der Waals surface area contributed by atoms with Gasteiger partial charge in [0.2, 0.25) is 0 Å². The van der Waals surface area contributed by atoms with E-state index in [4.69, 9.17) is 0 Å². The van der Waals surface area contributed by atoms with Crippen LogP contribution in [0, 0.1) is 5.41 Å². The summed E-state index contributed by atoms with van der Waals surface area (Å²) in [6, 6.07) is 14.5. The molecule has 4 rings (SSSR count). The predicted molar refractivity (Wildman–Crippen MR) is 115 cm³/mol. The van der Waals surface area contributed by atoms with E-state index in [1.54, 1.807) is 18.0 Å². The summed E-state index contributed by atoms with van der Waals surface area (Å²) < 4.78 is 0. The molecule has 1 spiro atoms. The van der Waals surface area contributed by atoms with E-state index in [1.165, 1.54) is 24.9 Å². The third-order valence-corrected chi connectivity index (χ3v) is 6.93. The van der Waals surface area contributed by atoms with E-state index in [-0.39, 0.29) is 11.3 Å². The van der Waals surface area contributed by atoms with Crippen LogP contribution in [0.1, 0.15) is 35.2 Å². The van der Waals surface area contributed by atoms with Crippen LogP contribution in [0.5, 0.6) is 0 Å². The highest BCUT2D eigenvalue weighted by molar-refractivity contribution is 7.98. The lowest BCUT2D eigenvalue weighted by Crippen LogP contribution is -2.46. The van der Waals surface area contributed by atoms with Gasteiger partial charge in [-0.25, -0.2) is 4.98 Å². The molecule has 3 heterocycles. The highest BCUT2D eigenvalue weighted by atomic mass is 32.2. The smallest absolute Gasteiger partial charge is 0.256 e. The number of carbonyl (C=O) groups is 1. The van der Waals surface area contributed by atoms with Gasteiger partial charge in [-0.3, -0.25) is 4.79 Å². The average molecular weight is 396 g/mol. The number of carbonyl (C=O) groups excluding carboxylic acids is 1. The highest BCUT2D eigenvalue weighted by Crippen LogP contribution is 2.39. The van der Waals surface area contributed by atoms with Crippen molar-refractivity contribution >= 4 is 17.7 Å². The van der Waals surface area contributed by atoms with Crippen molar-refractivity contribution in [2.75, 3.05) is 39.0 Å². The van der Waals surface area contributed by atoms with E-state index in [1.807, 2.05) is 18.4 Å². The molecule has 1 unspecified atom stereocenters. The SMILES string of the molecule is CSc1ncccc1C(=O)N1CCC2(CCCN(CCc3ccccc3)C2)C1. The summed E-state index contributed by atoms with van der Waals surface area (Å²) in [6.07, 6.45) is 8.44. The van der Waals surface area contributed by atoms with Crippen molar-refractivity contribution in [1.29, 1.82) is 0 Å². The first-order chi connectivity index (χ1) is 13.7. The summed E-state index contributed by atoms with van der Waals surface area (Å²) in [5.41, 5.74) is 2.43. The van der Waals surface area contributed by atoms with Crippen molar-refractivity contribution in [3.63, 3.8) is 0 Å². The lowest BCUT2D eigenvalue weighted by molar-refractivity contribution is 0.0688. The number of nitrogens with zero attached hydrogens (tertiary/aromatic N) is 3. The van der Waals surface area contributed by atoms with E-state index in [2.05, 4.69) is 45.1 Å². The standard InChI is InChI=1S/C23H29N3OS/c1-28-21-20(9-5-13-24-21)22(27)26-16-12-23(18-26)11-6-14-25(17-23)15-10-19-7-3-2-4-8-19/h2-5,7-9,13H,6,10-12,14-18H2,1H3. The number of piperidine rings is 1. The molecule has 0 N–H and O–H groups in total. The normalized spacial score (nSPS) is 22.7. The van der Waals surface area contributed by atoms with Gasteiger partial charge in [0.1, 0.15) is 5.03 Å². The molecule has 0 aliphatic carbocycles. The largest absolute Gasteiger partial charge is 0.338 e. The van der Waals surface area contributed by atoms with Crippen LogP contribution < -0.4 is 0 Å². The third kappa shape index (κ3) is 4.26. The monoisotopic (exact) mass is 395 g/mol. The molecular weight excluding hydrogens is 366 g/mol. The second-order valence-corrected chi connectivity index (χ2v) is 8.95. The molecule has 5 heteroatoms. The first kappa shape index (κ1) is 19.5. The van der Waals surface area contributed by atoms with Gasteiger partial charge in [-0.1, -0.05) is 30.3 Å². The second kappa shape index (κ2) is 8.66. The molecular formula is C23H29N3OS. The van der Waals surface area contributed by atoms with E-state index >= 15 is 0 Å². The van der Waals surface area contributed by atoms with Crippen LogP contribution >= 0.6 is 11.8 Å². The molecule has 1 amide bonds. The molecule has 1 aromatic heterocycles. The van der Waals surface area contributed by atoms with Gasteiger partial charge in [0, 0.05) is 37.8 Å². The predicted octanol–water partition coefficient (Wildman–Crippen LogP) is 3.97. The molecule has 0 saturated carbocycles. The lowest BCUT2D eigenvalue weighted by atomic mass is 9.79. The van der Waals surface area contributed by atoms with E-state index in [0.717, 1.165) is 49.6 Å². The summed E-state index contributed by atoms with van der Waals surface area (Å²) in [7, 11) is 0. The number of amides is 1. The number of pyridine rings is 1. The minimum absolute atomic E-state index is 0.149. The fraction of sp³-hybridized carbons (Fsp3) is 0.478. The first-order valence-corrected chi connectivity index (χ1v) is 11.5. The molecule has 2 aliphatic rings. The molecule has 28 heavy (non-hydrogen) atoms. The van der Waals surface area contributed by atoms with Crippen molar-refractivity contribution in [2.45, 2.75) is 30.7 Å². The maximum atomic E-state index is 13.1. The summed E-state index contributed by atoms with van der Waals surface area (Å²) >= 11 is 1.55. The zero-order chi connectivity index (χ0) is 19.4. The Morgan fingerprint density at radius 1 is 1.11 bits per heavy atom. The van der Waals surface area contributed by atoms with Crippen LogP contribution in [-0.2, 0) is 6.42 Å². The Hall–Kier alpha value is -1.85. The fourth-order valence-electron chi connectivity index (χ4n) is 4.76. The molecule has 2 aliphatic heterocycles. The molecule has 1 aromatic carbocycles. The van der Waals surface area contributed by atoms with Gasteiger partial charge >= 0.3 is 0 Å². The summed E-state index contributed by atoms with van der Waals surface area (Å²) in [4.78, 5) is 22.1. The fourth-order valence-corrected chi connectivity index (χ4v) is 5.30. The van der Waals surface area contributed by atoms with Crippen molar-refractivity contribution < 1.29 is 4.79 Å². The van der Waals surface area contributed by atoms with Gasteiger partial charge in [-0.05, 0) is 56.2 Å². The van der Waals surface area contributed by atoms with Gasteiger partial charge < -0.3 is 9.80 Å². The summed E-state index contributed by atoms with van der Waals surface area (Å²) in [5, 5.41) is 0.835. The number of aromatic nitrogens is 1. The summed E-state index contributed by atoms with van der Waals surface area (Å²) in [5.74, 6) is 0.149. The lowest BCUT2D eigenvalue weighted by Gasteiger charge is -2.40. The molecule has 0 radical (unpaired) electrons. The average Bonchev–Trinajstić information content (AvgIpc) is 3.15. The molecule has 148 valence electrons. The maximum absolute atomic E-state index is 13.1. The summed E-state index contributed by atoms with van der Waals surface area (Å²) in [6.45, 7) is 5.16. The van der Waals surface area contributed by atoms with Crippen molar-refractivity contribution in [3.8, 4) is 0 Å². The van der Waals surface area contributed by atoms with Crippen molar-refractivity contribution in [1.82, 2.24) is 14.8 Å². The number of benzene rings is 1. The minimum atomic E-state index is 0.149. The number of likely N-dealkylation sites (tertiary alicyclic amines) is 2. The van der Waals surface area contributed by atoms with Crippen LogP contribution in [0.25, 0.3) is 0 Å². The Morgan fingerprint density at radius 3 is 2.79 bits per heavy atom. The van der Waals surface area contributed by atoms with E-state index in [0.29, 0.717) is 0 Å². The third-order valence-electron chi connectivity index (χ3n) is 6.22. The topological polar surface area (TPSA) is 36.4 Å². The van der Waals surface area contributed by atoms with Gasteiger partial charge in [0.05, 0.1) is 5.56 Å². The van der Waals surface area contributed by atoms with Crippen LogP contribution in [0.4, 0.5) is 0 Å². The number of thioether (sulfide) groups is 1. The van der Waals surface area contributed by atoms with E-state index < -0.39 is 0 Å². The van der Waals surface area contributed by atoms with Gasteiger partial charge in [-0.15, -0.1) is 11.8 Å². The zero-order valence-electron chi connectivity index (χ0n) is 16.6. The van der Waals surface area contributed by atoms with Crippen LogP contribution in [0.3, 0.4) is 0 Å². The molecule has 0 bridgehead atoms. The van der Waals surface area contributed by atoms with Gasteiger partial charge in [0.25, 0.3) is 5.91 Å². The zero-order valence-corrected chi connectivity index (χ0v) is 17.5. The van der Waals surface area contributed by atoms with Crippen LogP contribution in [0.2, 0.25) is 0 Å². The number of hydrogen-bond acceptors (Lipinski definition) is 4. The Morgan fingerprint density at radius 2 is 1.96 bits per heavy atom. The van der Waals surface area contributed by atoms with Gasteiger partial charge in [-0.2, -0.15) is 0 Å². The second-order valence-electron chi connectivity index (χ2n) is 8.15. The highest BCUT2D eigenvalue weighted by Gasteiger charge is 2.43. The Balaban J connectivity index is 1.38. The quantitative estimate of drug-likeness (QED) is 0.718. The van der Waals surface area contributed by atoms with Crippen LogP contribution in [0.15, 0.2) is 53.7 Å². The Bertz CT molecular complexity index is 813. The molecule has 4 nitrogen and oxygen atoms in total. The number of rotatable bonds is 5. The maximum Gasteiger partial charge on any atom is 0.256 e. The number of hydrogen-bond donors (Lipinski definition) is 0. The molecule has 2 fully saturated rings. The van der Waals surface area contributed by atoms with Crippen LogP contribution in [-0.4, -0.2) is 59.7 Å². The molecule has 2 aromatic rings. The molecule has 2 saturated heterocycles. The Kier molecular flexibility index (Phi) is 6.02. The molecule has 1 atom stereocenters. The van der Waals surface area contributed by atoms with Gasteiger partial charge in [0.15, 0.2) is 0 Å². The van der Waals surface area contributed by atoms with Crippen molar-refractivity contribution in [2.24, 2.45) is 5.41 Å². The minimum Gasteiger partial charge on any atom is -0.338 e. The van der Waals surface area contributed by atoms with Crippen molar-refractivity contribution in [3.05, 3.63) is 59.8 Å². The Labute approximate surface area is 172 Å². The van der Waals surface area contributed by atoms with E-state index in [9.17, 15) is 4.79 Å².